The van der Waals surface area contributed by atoms with Crippen LogP contribution in [0.2, 0.25) is 0 Å². The average Bonchev–Trinajstić information content (AvgIpc) is 2.44. The quantitative estimate of drug-likeness (QED) is 0.814. The third-order valence-corrected chi connectivity index (χ3v) is 5.01. The first kappa shape index (κ1) is 13.2. The van der Waals surface area contributed by atoms with Crippen molar-refractivity contribution in [1.29, 1.82) is 0 Å². The summed E-state index contributed by atoms with van der Waals surface area (Å²) in [4.78, 5) is 14.5. The lowest BCUT2D eigenvalue weighted by Gasteiger charge is -2.32. The van der Waals surface area contributed by atoms with Crippen LogP contribution in [0.5, 0.6) is 0 Å². The number of nitrogens with zero attached hydrogens (tertiary/aromatic N) is 1. The second-order valence-corrected chi connectivity index (χ2v) is 7.04. The van der Waals surface area contributed by atoms with E-state index < -0.39 is 0 Å². The minimum atomic E-state index is -0.238. The molecule has 2 fully saturated rings. The van der Waals surface area contributed by atoms with Gasteiger partial charge in [-0.2, -0.15) is 11.8 Å². The molecule has 0 aromatic heterocycles. The fraction of sp³-hybridized carbons (Fsp3) is 0.923. The number of nitrogens with one attached hydrogen (secondary N) is 1. The minimum Gasteiger partial charge on any atom is -0.341 e. The van der Waals surface area contributed by atoms with Gasteiger partial charge in [0.05, 0.1) is 5.41 Å². The van der Waals surface area contributed by atoms with Gasteiger partial charge in [0.1, 0.15) is 0 Å². The van der Waals surface area contributed by atoms with Crippen LogP contribution >= 0.6 is 11.8 Å². The first-order valence-electron chi connectivity index (χ1n) is 6.67. The van der Waals surface area contributed by atoms with Crippen LogP contribution in [0.25, 0.3) is 0 Å². The van der Waals surface area contributed by atoms with E-state index >= 15 is 0 Å². The van der Waals surface area contributed by atoms with Crippen LogP contribution < -0.4 is 5.32 Å². The highest BCUT2D eigenvalue weighted by molar-refractivity contribution is 7.99. The Morgan fingerprint density at radius 2 is 2.35 bits per heavy atom. The lowest BCUT2D eigenvalue weighted by molar-refractivity contribution is -0.139. The van der Waals surface area contributed by atoms with Crippen molar-refractivity contribution in [2.45, 2.75) is 26.7 Å². The molecule has 2 aliphatic rings. The highest BCUT2D eigenvalue weighted by Gasteiger charge is 2.34. The molecule has 1 amide bonds. The summed E-state index contributed by atoms with van der Waals surface area (Å²) in [7, 11) is 0. The van der Waals surface area contributed by atoms with Gasteiger partial charge in [-0.25, -0.2) is 0 Å². The van der Waals surface area contributed by atoms with E-state index in [-0.39, 0.29) is 5.41 Å². The van der Waals surface area contributed by atoms with E-state index in [2.05, 4.69) is 24.1 Å². The third kappa shape index (κ3) is 3.38. The summed E-state index contributed by atoms with van der Waals surface area (Å²) in [6, 6.07) is 0. The van der Waals surface area contributed by atoms with E-state index in [4.69, 9.17) is 0 Å². The normalized spacial score (nSPS) is 30.1. The van der Waals surface area contributed by atoms with Gasteiger partial charge in [0.15, 0.2) is 0 Å². The van der Waals surface area contributed by atoms with Crippen LogP contribution in [-0.4, -0.2) is 48.5 Å². The standard InChI is InChI=1S/C13H24N2OS/c1-13(2)10-14-5-6-15(12(13)16)8-11-4-3-7-17-9-11/h11,14H,3-10H2,1-2H3. The van der Waals surface area contributed by atoms with Crippen molar-refractivity contribution in [3.63, 3.8) is 0 Å². The molecule has 1 atom stereocenters. The number of thioether (sulfide) groups is 1. The Labute approximate surface area is 109 Å². The summed E-state index contributed by atoms with van der Waals surface area (Å²) in [6.45, 7) is 7.70. The number of amides is 1. The maximum absolute atomic E-state index is 12.4. The Morgan fingerprint density at radius 1 is 1.53 bits per heavy atom. The Balaban J connectivity index is 1.95. The Kier molecular flexibility index (Phi) is 4.36. The van der Waals surface area contributed by atoms with Gasteiger partial charge in [-0.05, 0) is 44.1 Å². The summed E-state index contributed by atoms with van der Waals surface area (Å²) < 4.78 is 0. The number of carbonyl (C=O) groups excluding carboxylic acids is 1. The van der Waals surface area contributed by atoms with Gasteiger partial charge in [-0.15, -0.1) is 0 Å². The molecule has 0 radical (unpaired) electrons. The van der Waals surface area contributed by atoms with E-state index in [1.165, 1.54) is 24.3 Å². The zero-order chi connectivity index (χ0) is 12.3. The summed E-state index contributed by atoms with van der Waals surface area (Å²) in [5, 5.41) is 3.37. The first-order chi connectivity index (χ1) is 8.09. The highest BCUT2D eigenvalue weighted by Crippen LogP contribution is 2.26. The molecule has 17 heavy (non-hydrogen) atoms. The predicted octanol–water partition coefficient (Wildman–Crippen LogP) is 1.59. The monoisotopic (exact) mass is 256 g/mol. The molecular formula is C13H24N2OS. The Hall–Kier alpha value is -0.220. The number of hydrogen-bond acceptors (Lipinski definition) is 3. The molecule has 1 N–H and O–H groups in total. The lowest BCUT2D eigenvalue weighted by Crippen LogP contribution is -2.44. The summed E-state index contributed by atoms with van der Waals surface area (Å²) >= 11 is 2.04. The van der Waals surface area contributed by atoms with Gasteiger partial charge in [0.2, 0.25) is 5.91 Å². The van der Waals surface area contributed by atoms with E-state index in [1.807, 2.05) is 11.8 Å². The van der Waals surface area contributed by atoms with Crippen LogP contribution in [0, 0.1) is 11.3 Å². The van der Waals surface area contributed by atoms with Crippen molar-refractivity contribution >= 4 is 17.7 Å². The van der Waals surface area contributed by atoms with Gasteiger partial charge < -0.3 is 10.2 Å². The van der Waals surface area contributed by atoms with E-state index in [9.17, 15) is 4.79 Å². The molecule has 3 nitrogen and oxygen atoms in total. The average molecular weight is 256 g/mol. The molecule has 0 aromatic carbocycles. The molecule has 2 rings (SSSR count). The smallest absolute Gasteiger partial charge is 0.229 e. The van der Waals surface area contributed by atoms with Crippen molar-refractivity contribution in [3.8, 4) is 0 Å². The zero-order valence-corrected chi connectivity index (χ0v) is 11.8. The number of carbonyl (C=O) groups is 1. The summed E-state index contributed by atoms with van der Waals surface area (Å²) in [6.07, 6.45) is 2.61. The van der Waals surface area contributed by atoms with Gasteiger partial charge in [0.25, 0.3) is 0 Å². The highest BCUT2D eigenvalue weighted by atomic mass is 32.2. The van der Waals surface area contributed by atoms with Crippen LogP contribution in [0.4, 0.5) is 0 Å². The molecule has 0 aliphatic carbocycles. The Bertz CT molecular complexity index is 275. The first-order valence-corrected chi connectivity index (χ1v) is 7.83. The fourth-order valence-electron chi connectivity index (χ4n) is 2.66. The van der Waals surface area contributed by atoms with Crippen LogP contribution in [0.15, 0.2) is 0 Å². The molecule has 2 saturated heterocycles. The lowest BCUT2D eigenvalue weighted by atomic mass is 9.91. The number of rotatable bonds is 2. The van der Waals surface area contributed by atoms with Crippen molar-refractivity contribution in [2.75, 3.05) is 37.7 Å². The van der Waals surface area contributed by atoms with Crippen molar-refractivity contribution < 1.29 is 4.79 Å². The van der Waals surface area contributed by atoms with Gasteiger partial charge in [0, 0.05) is 26.2 Å². The molecule has 2 heterocycles. The largest absolute Gasteiger partial charge is 0.341 e. The second-order valence-electron chi connectivity index (χ2n) is 5.89. The molecule has 2 aliphatic heterocycles. The molecular weight excluding hydrogens is 232 g/mol. The zero-order valence-electron chi connectivity index (χ0n) is 11.0. The second kappa shape index (κ2) is 5.61. The maximum Gasteiger partial charge on any atom is 0.229 e. The van der Waals surface area contributed by atoms with Gasteiger partial charge >= 0.3 is 0 Å². The molecule has 98 valence electrons. The molecule has 0 spiro atoms. The molecule has 1 unspecified atom stereocenters. The van der Waals surface area contributed by atoms with Crippen molar-refractivity contribution in [3.05, 3.63) is 0 Å². The third-order valence-electron chi connectivity index (χ3n) is 3.72. The van der Waals surface area contributed by atoms with Crippen LogP contribution in [-0.2, 0) is 4.79 Å². The topological polar surface area (TPSA) is 32.3 Å². The van der Waals surface area contributed by atoms with E-state index in [1.54, 1.807) is 0 Å². The van der Waals surface area contributed by atoms with Crippen molar-refractivity contribution in [2.24, 2.45) is 11.3 Å². The SMILES string of the molecule is CC1(C)CNCCN(CC2CCCSC2)C1=O. The summed E-state index contributed by atoms with van der Waals surface area (Å²) in [5.41, 5.74) is -0.238. The van der Waals surface area contributed by atoms with E-state index in [0.29, 0.717) is 11.8 Å². The molecule has 0 bridgehead atoms. The minimum absolute atomic E-state index is 0.238. The van der Waals surface area contributed by atoms with Crippen LogP contribution in [0.1, 0.15) is 26.7 Å². The summed E-state index contributed by atoms with van der Waals surface area (Å²) in [5.74, 6) is 3.58. The number of hydrogen-bond donors (Lipinski definition) is 1. The van der Waals surface area contributed by atoms with Gasteiger partial charge in [-0.1, -0.05) is 0 Å². The fourth-order valence-corrected chi connectivity index (χ4v) is 3.80. The maximum atomic E-state index is 12.4. The van der Waals surface area contributed by atoms with Crippen molar-refractivity contribution in [1.82, 2.24) is 10.2 Å². The van der Waals surface area contributed by atoms with Crippen LogP contribution in [0.3, 0.4) is 0 Å². The predicted molar refractivity (Wildman–Crippen MR) is 73.3 cm³/mol. The molecule has 4 heteroatoms. The molecule has 0 saturated carbocycles. The Morgan fingerprint density at radius 3 is 3.06 bits per heavy atom. The van der Waals surface area contributed by atoms with E-state index in [0.717, 1.165) is 26.2 Å². The van der Waals surface area contributed by atoms with Gasteiger partial charge in [-0.3, -0.25) is 4.79 Å². The molecule has 0 aromatic rings.